The number of hydrogen-bond acceptors (Lipinski definition) is 3. The molecule has 5 fully saturated rings. The van der Waals surface area contributed by atoms with Crippen LogP contribution in [0.5, 0.6) is 0 Å². The van der Waals surface area contributed by atoms with Gasteiger partial charge in [-0.05, 0) is 152 Å². The second-order valence-corrected chi connectivity index (χ2v) is 18.3. The van der Waals surface area contributed by atoms with Crippen LogP contribution in [0.4, 0.5) is 4.79 Å². The van der Waals surface area contributed by atoms with Gasteiger partial charge in [0.25, 0.3) is 0 Å². The molecule has 4 saturated carbocycles. The van der Waals surface area contributed by atoms with E-state index < -0.39 is 5.97 Å². The lowest BCUT2D eigenvalue weighted by atomic mass is 9.33. The number of rotatable bonds is 4. The summed E-state index contributed by atoms with van der Waals surface area (Å²) in [6.45, 7) is 23.2. The predicted octanol–water partition coefficient (Wildman–Crippen LogP) is 8.79. The van der Waals surface area contributed by atoms with Gasteiger partial charge in [0.05, 0.1) is 5.56 Å². The van der Waals surface area contributed by atoms with Crippen molar-refractivity contribution in [3.05, 3.63) is 53.6 Å². The number of carbonyl (C=O) groups excluding carboxylic acids is 1. The second-order valence-electron chi connectivity index (χ2n) is 18.3. The van der Waals surface area contributed by atoms with Crippen LogP contribution in [-0.4, -0.2) is 53.7 Å². The Labute approximate surface area is 289 Å². The zero-order chi connectivity index (χ0) is 34.3. The van der Waals surface area contributed by atoms with Crippen LogP contribution in [0.1, 0.15) is 122 Å². The number of benzene rings is 1. The molecule has 0 radical (unpaired) electrons. The molecule has 262 valence electrons. The summed E-state index contributed by atoms with van der Waals surface area (Å²) < 4.78 is 0. The molecule has 48 heavy (non-hydrogen) atoms. The molecule has 0 unspecified atom stereocenters. The monoisotopic (exact) mass is 655 g/mol. The van der Waals surface area contributed by atoms with E-state index in [0.717, 1.165) is 58.3 Å². The van der Waals surface area contributed by atoms with Crippen molar-refractivity contribution in [2.45, 2.75) is 111 Å². The number of fused-ring (bicyclic) bond motifs is 7. The first-order valence-corrected chi connectivity index (χ1v) is 19.2. The molecule has 1 aromatic rings. The number of allylic oxidation sites excluding steroid dienone is 3. The SMILES string of the molecule is C=C(C)[C@@H]1CC[C@]2(NC(=O)N3CCCNCC3)CC[C@]3(C)[C@H](CC[C@@H]4[C@@]5(C)CC=C(c6ccc(C(=O)O)cc6)C(C)(C)[C@@H]5CC[C@]43C)[C@@H]12. The standard InChI is InChI=1S/C42H61N3O3/c1-27(2)30-15-20-42(44-37(48)45-25-8-23-43-24-26-45)22-21-40(6)32(35(30)42)13-14-34-39(5)18-16-31(28-9-11-29(12-10-28)36(46)47)38(3,4)33(39)17-19-41(34,40)7/h9-12,16,30,32-35,43H,1,8,13-15,17-26H2,2-7H3,(H,44,48)(H,46,47)/t30-,32+,33-,34+,35+,39-,40+,41+,42-/m0/s1. The van der Waals surface area contributed by atoms with E-state index in [-0.39, 0.29) is 33.2 Å². The van der Waals surface area contributed by atoms with E-state index in [1.165, 1.54) is 48.8 Å². The minimum absolute atomic E-state index is 0.00216. The summed E-state index contributed by atoms with van der Waals surface area (Å²) in [5.74, 6) is 1.85. The first-order valence-electron chi connectivity index (χ1n) is 19.2. The number of carboxylic acids is 1. The van der Waals surface area contributed by atoms with Gasteiger partial charge < -0.3 is 20.6 Å². The Morgan fingerprint density at radius 3 is 2.35 bits per heavy atom. The summed E-state index contributed by atoms with van der Waals surface area (Å²) in [6, 6.07) is 7.73. The number of amides is 2. The zero-order valence-electron chi connectivity index (χ0n) is 30.6. The van der Waals surface area contributed by atoms with Crippen molar-refractivity contribution in [2.24, 2.45) is 51.2 Å². The third-order valence-electron chi connectivity index (χ3n) is 16.1. The first-order chi connectivity index (χ1) is 22.7. The van der Waals surface area contributed by atoms with Crippen LogP contribution in [0, 0.1) is 51.2 Å². The number of nitrogens with one attached hydrogen (secondary N) is 2. The van der Waals surface area contributed by atoms with Crippen molar-refractivity contribution in [3.8, 4) is 0 Å². The second kappa shape index (κ2) is 11.7. The Hall–Kier alpha value is -2.60. The molecule has 6 nitrogen and oxygen atoms in total. The summed E-state index contributed by atoms with van der Waals surface area (Å²) in [4.78, 5) is 27.6. The van der Waals surface area contributed by atoms with Crippen molar-refractivity contribution in [1.82, 2.24) is 15.5 Å². The van der Waals surface area contributed by atoms with Gasteiger partial charge >= 0.3 is 12.0 Å². The Kier molecular flexibility index (Phi) is 8.29. The van der Waals surface area contributed by atoms with Gasteiger partial charge in [-0.25, -0.2) is 9.59 Å². The molecular formula is C42H61N3O3. The van der Waals surface area contributed by atoms with Crippen molar-refractivity contribution >= 4 is 17.6 Å². The highest BCUT2D eigenvalue weighted by Crippen LogP contribution is 2.76. The Bertz CT molecular complexity index is 1490. The lowest BCUT2D eigenvalue weighted by Crippen LogP contribution is -2.68. The van der Waals surface area contributed by atoms with Crippen LogP contribution in [0.15, 0.2) is 42.5 Å². The fourth-order valence-electron chi connectivity index (χ4n) is 13.6. The van der Waals surface area contributed by atoms with Crippen LogP contribution >= 0.6 is 0 Å². The summed E-state index contributed by atoms with van der Waals surface area (Å²) >= 11 is 0. The number of urea groups is 1. The average Bonchev–Trinajstić information content (AvgIpc) is 3.20. The predicted molar refractivity (Wildman–Crippen MR) is 194 cm³/mol. The number of nitrogens with zero attached hydrogens (tertiary/aromatic N) is 1. The molecule has 1 aromatic carbocycles. The highest BCUT2D eigenvalue weighted by atomic mass is 16.4. The molecule has 7 rings (SSSR count). The summed E-state index contributed by atoms with van der Waals surface area (Å²) in [7, 11) is 0. The maximum Gasteiger partial charge on any atom is 0.335 e. The minimum atomic E-state index is -0.869. The largest absolute Gasteiger partial charge is 0.478 e. The number of carbonyl (C=O) groups is 2. The zero-order valence-corrected chi connectivity index (χ0v) is 30.6. The highest BCUT2D eigenvalue weighted by molar-refractivity contribution is 5.88. The molecular weight excluding hydrogens is 594 g/mol. The summed E-state index contributed by atoms with van der Waals surface area (Å²) in [5.41, 5.74) is 4.76. The number of carboxylic acid groups (broad SMARTS) is 1. The quantitative estimate of drug-likeness (QED) is 0.283. The van der Waals surface area contributed by atoms with Crippen molar-refractivity contribution in [1.29, 1.82) is 0 Å². The van der Waals surface area contributed by atoms with E-state index in [1.807, 2.05) is 12.1 Å². The van der Waals surface area contributed by atoms with Crippen LogP contribution in [0.3, 0.4) is 0 Å². The average molecular weight is 656 g/mol. The Morgan fingerprint density at radius 2 is 1.65 bits per heavy atom. The summed E-state index contributed by atoms with van der Waals surface area (Å²) in [5, 5.41) is 16.7. The fraction of sp³-hybridized carbons (Fsp3) is 0.714. The molecule has 1 heterocycles. The molecule has 0 spiro atoms. The summed E-state index contributed by atoms with van der Waals surface area (Å²) in [6.07, 6.45) is 14.1. The van der Waals surface area contributed by atoms with Gasteiger partial charge in [0, 0.05) is 25.2 Å². The van der Waals surface area contributed by atoms with Crippen LogP contribution in [0.2, 0.25) is 0 Å². The third-order valence-corrected chi connectivity index (χ3v) is 16.1. The van der Waals surface area contributed by atoms with Gasteiger partial charge in [-0.2, -0.15) is 0 Å². The topological polar surface area (TPSA) is 81.7 Å². The lowest BCUT2D eigenvalue weighted by molar-refractivity contribution is -0.218. The van der Waals surface area contributed by atoms with Gasteiger partial charge in [0.1, 0.15) is 0 Å². The van der Waals surface area contributed by atoms with Crippen LogP contribution < -0.4 is 10.6 Å². The molecule has 9 atom stereocenters. The smallest absolute Gasteiger partial charge is 0.335 e. The Morgan fingerprint density at radius 1 is 0.896 bits per heavy atom. The van der Waals surface area contributed by atoms with Gasteiger partial charge in [-0.15, -0.1) is 0 Å². The van der Waals surface area contributed by atoms with Crippen molar-refractivity contribution < 1.29 is 14.7 Å². The molecule has 0 bridgehead atoms. The molecule has 0 aromatic heterocycles. The molecule has 6 heteroatoms. The molecule has 2 amide bonds. The van der Waals surface area contributed by atoms with Gasteiger partial charge in [0.15, 0.2) is 0 Å². The highest BCUT2D eigenvalue weighted by Gasteiger charge is 2.70. The van der Waals surface area contributed by atoms with Crippen LogP contribution in [-0.2, 0) is 0 Å². The maximum absolute atomic E-state index is 13.9. The number of hydrogen-bond donors (Lipinski definition) is 3. The van der Waals surface area contributed by atoms with Crippen molar-refractivity contribution in [3.63, 3.8) is 0 Å². The Balaban J connectivity index is 1.20. The molecule has 1 aliphatic heterocycles. The maximum atomic E-state index is 13.9. The van der Waals surface area contributed by atoms with E-state index >= 15 is 0 Å². The molecule has 6 aliphatic rings. The number of aromatic carboxylic acids is 1. The van der Waals surface area contributed by atoms with E-state index in [4.69, 9.17) is 0 Å². The third kappa shape index (κ3) is 4.88. The molecule has 5 aliphatic carbocycles. The van der Waals surface area contributed by atoms with Crippen LogP contribution in [0.25, 0.3) is 5.57 Å². The van der Waals surface area contributed by atoms with Gasteiger partial charge in [-0.3, -0.25) is 0 Å². The van der Waals surface area contributed by atoms with E-state index in [9.17, 15) is 14.7 Å². The van der Waals surface area contributed by atoms with E-state index in [1.54, 1.807) is 12.1 Å². The fourth-order valence-corrected chi connectivity index (χ4v) is 13.6. The minimum Gasteiger partial charge on any atom is -0.478 e. The first kappa shape index (κ1) is 33.9. The normalized spacial score (nSPS) is 41.8. The molecule has 3 N–H and O–H groups in total. The van der Waals surface area contributed by atoms with E-state index in [0.29, 0.717) is 35.2 Å². The van der Waals surface area contributed by atoms with Crippen molar-refractivity contribution in [2.75, 3.05) is 26.2 Å². The van der Waals surface area contributed by atoms with Gasteiger partial charge in [0.2, 0.25) is 0 Å². The molecule has 1 saturated heterocycles. The van der Waals surface area contributed by atoms with E-state index in [2.05, 4.69) is 69.7 Å². The lowest BCUT2D eigenvalue weighted by Gasteiger charge is -2.72. The van der Waals surface area contributed by atoms with Gasteiger partial charge in [-0.1, -0.05) is 65.0 Å².